The smallest absolute Gasteiger partial charge is 0.496 e. The Morgan fingerprint density at radius 1 is 0.884 bits per heavy atom. The van der Waals surface area contributed by atoms with Gasteiger partial charge in [0.1, 0.15) is 11.8 Å². The monoisotopic (exact) mass is 607 g/mol. The van der Waals surface area contributed by atoms with Crippen LogP contribution < -0.4 is 4.74 Å². The van der Waals surface area contributed by atoms with Crippen LogP contribution in [0.3, 0.4) is 0 Å². The maximum absolute atomic E-state index is 14.2. The zero-order valence-electron chi connectivity index (χ0n) is 24.7. The van der Waals surface area contributed by atoms with Crippen LogP contribution in [0.15, 0.2) is 72.8 Å². The summed E-state index contributed by atoms with van der Waals surface area (Å²) in [6.07, 6.45) is -1.32. The number of benzene rings is 3. The molecule has 1 aliphatic heterocycles. The third kappa shape index (κ3) is 7.17. The predicted molar refractivity (Wildman–Crippen MR) is 160 cm³/mol. The molecular weight excluding hydrogens is 574 g/mol. The number of esters is 2. The summed E-state index contributed by atoms with van der Waals surface area (Å²) in [4.78, 5) is 54.3. The van der Waals surface area contributed by atoms with Crippen LogP contribution in [0.25, 0.3) is 11.1 Å². The van der Waals surface area contributed by atoms with Crippen molar-refractivity contribution in [2.24, 2.45) is 11.3 Å². The Balaban J connectivity index is 1.71. The second-order valence-corrected chi connectivity index (χ2v) is 11.8. The van der Waals surface area contributed by atoms with Crippen LogP contribution >= 0.6 is 11.6 Å². The summed E-state index contributed by atoms with van der Waals surface area (Å²) in [5, 5.41) is 0.274. The first-order valence-corrected chi connectivity index (χ1v) is 14.1. The number of carbonyl (C=O) groups excluding carboxylic acids is 4. The number of para-hydroxylation sites is 1. The highest BCUT2D eigenvalue weighted by molar-refractivity contribution is 6.31. The molecule has 1 fully saturated rings. The first-order valence-electron chi connectivity index (χ1n) is 13.7. The number of halogens is 1. The van der Waals surface area contributed by atoms with E-state index in [0.29, 0.717) is 11.3 Å². The summed E-state index contributed by atoms with van der Waals surface area (Å²) in [7, 11) is 2.78. The maximum Gasteiger partial charge on any atom is 0.516 e. The normalized spacial score (nSPS) is 18.1. The van der Waals surface area contributed by atoms with E-state index in [1.54, 1.807) is 55.6 Å². The zero-order chi connectivity index (χ0) is 31.3. The number of carbonyl (C=O) groups is 4. The van der Waals surface area contributed by atoms with Crippen molar-refractivity contribution in [3.63, 3.8) is 0 Å². The molecule has 0 radical (unpaired) electrons. The Hall–Kier alpha value is -4.37. The van der Waals surface area contributed by atoms with Crippen LogP contribution in [0.4, 0.5) is 4.79 Å². The highest BCUT2D eigenvalue weighted by atomic mass is 35.5. The molecule has 1 heterocycles. The van der Waals surface area contributed by atoms with Crippen molar-refractivity contribution in [1.82, 2.24) is 4.90 Å². The highest BCUT2D eigenvalue weighted by Gasteiger charge is 2.52. The van der Waals surface area contributed by atoms with Gasteiger partial charge in [-0.15, -0.1) is 0 Å². The van der Waals surface area contributed by atoms with Crippen LogP contribution in [0.1, 0.15) is 49.2 Å². The minimum Gasteiger partial charge on any atom is -0.496 e. The summed E-state index contributed by atoms with van der Waals surface area (Å²) in [6, 6.07) is 18.8. The van der Waals surface area contributed by atoms with E-state index in [0.717, 1.165) is 11.1 Å². The van der Waals surface area contributed by atoms with Crippen molar-refractivity contribution >= 4 is 35.6 Å². The summed E-state index contributed by atoms with van der Waals surface area (Å²) in [6.45, 7) is 5.61. The first kappa shape index (κ1) is 31.6. The van der Waals surface area contributed by atoms with Crippen molar-refractivity contribution in [1.29, 1.82) is 0 Å². The van der Waals surface area contributed by atoms with Crippen LogP contribution in [0.5, 0.6) is 5.75 Å². The van der Waals surface area contributed by atoms with E-state index in [4.69, 9.17) is 30.5 Å². The number of amides is 1. The van der Waals surface area contributed by atoms with E-state index < -0.39 is 42.0 Å². The van der Waals surface area contributed by atoms with Gasteiger partial charge in [0.25, 0.3) is 5.91 Å². The molecule has 226 valence electrons. The minimum atomic E-state index is -1.16. The Kier molecular flexibility index (Phi) is 9.76. The van der Waals surface area contributed by atoms with E-state index in [-0.39, 0.29) is 29.0 Å². The lowest BCUT2D eigenvalue weighted by atomic mass is 9.92. The van der Waals surface area contributed by atoms with E-state index in [1.165, 1.54) is 12.0 Å². The number of hydrogen-bond acceptors (Lipinski definition) is 8. The fraction of sp³-hybridized carbons (Fsp3) is 0.333. The predicted octanol–water partition coefficient (Wildman–Crippen LogP) is 6.49. The van der Waals surface area contributed by atoms with Crippen molar-refractivity contribution in [3.8, 4) is 16.9 Å². The topological polar surface area (TPSA) is 108 Å². The number of hydrogen-bond donors (Lipinski definition) is 0. The molecule has 3 atom stereocenters. The molecular formula is C33H34ClNO8. The van der Waals surface area contributed by atoms with Crippen LogP contribution in [-0.2, 0) is 23.8 Å². The Morgan fingerprint density at radius 2 is 1.53 bits per heavy atom. The Labute approximate surface area is 255 Å². The molecule has 10 heteroatoms. The van der Waals surface area contributed by atoms with Gasteiger partial charge in [0, 0.05) is 16.1 Å². The van der Waals surface area contributed by atoms with Crippen LogP contribution in [0, 0.1) is 11.3 Å². The molecule has 0 unspecified atom stereocenters. The third-order valence-corrected chi connectivity index (χ3v) is 7.43. The fourth-order valence-corrected chi connectivity index (χ4v) is 5.33. The van der Waals surface area contributed by atoms with Crippen molar-refractivity contribution in [2.75, 3.05) is 20.8 Å². The summed E-state index contributed by atoms with van der Waals surface area (Å²) in [5.41, 5.74) is 1.99. The van der Waals surface area contributed by atoms with E-state index >= 15 is 0 Å². The highest BCUT2D eigenvalue weighted by Crippen LogP contribution is 2.45. The zero-order valence-corrected chi connectivity index (χ0v) is 25.4. The summed E-state index contributed by atoms with van der Waals surface area (Å²) < 4.78 is 20.7. The van der Waals surface area contributed by atoms with E-state index in [1.807, 2.05) is 45.0 Å². The molecule has 1 aliphatic rings. The molecule has 4 rings (SSSR count). The molecule has 1 saturated heterocycles. The second-order valence-electron chi connectivity index (χ2n) is 11.4. The van der Waals surface area contributed by atoms with Gasteiger partial charge in [-0.25, -0.2) is 9.59 Å². The molecule has 0 aromatic heterocycles. The molecule has 0 saturated carbocycles. The molecule has 0 N–H and O–H groups in total. The number of rotatable bonds is 7. The van der Waals surface area contributed by atoms with Crippen molar-refractivity contribution in [3.05, 3.63) is 88.9 Å². The Bertz CT molecular complexity index is 1500. The average Bonchev–Trinajstić information content (AvgIpc) is 3.40. The van der Waals surface area contributed by atoms with Crippen molar-refractivity contribution < 1.29 is 38.1 Å². The summed E-state index contributed by atoms with van der Waals surface area (Å²) in [5.74, 6) is -2.64. The van der Waals surface area contributed by atoms with Crippen LogP contribution in [-0.4, -0.2) is 55.8 Å². The van der Waals surface area contributed by atoms with Gasteiger partial charge in [-0.05, 0) is 47.2 Å². The lowest BCUT2D eigenvalue weighted by Crippen LogP contribution is -2.43. The molecule has 9 nitrogen and oxygen atoms in total. The molecule has 0 spiro atoms. The average molecular weight is 608 g/mol. The SMILES string of the molecule is COC(=O)[C@@H]1C[C@H](C(=O)OC(=O)OCC(C)(C)C)[C@H](c2ccccc2Cl)N1C(=O)c1ccc(-c2ccccc2OC)cc1. The van der Waals surface area contributed by atoms with Crippen molar-refractivity contribution in [2.45, 2.75) is 39.3 Å². The lowest BCUT2D eigenvalue weighted by molar-refractivity contribution is -0.145. The largest absolute Gasteiger partial charge is 0.516 e. The number of ether oxygens (including phenoxy) is 4. The van der Waals surface area contributed by atoms with Gasteiger partial charge >= 0.3 is 18.1 Å². The maximum atomic E-state index is 14.2. The lowest BCUT2D eigenvalue weighted by Gasteiger charge is -2.31. The van der Waals surface area contributed by atoms with Gasteiger partial charge in [-0.1, -0.05) is 80.9 Å². The molecule has 43 heavy (non-hydrogen) atoms. The molecule has 3 aromatic rings. The van der Waals surface area contributed by atoms with Gasteiger partial charge in [0.05, 0.1) is 32.8 Å². The van der Waals surface area contributed by atoms with Gasteiger partial charge < -0.3 is 23.8 Å². The number of likely N-dealkylation sites (tertiary alicyclic amines) is 1. The van der Waals surface area contributed by atoms with Gasteiger partial charge in [0.2, 0.25) is 0 Å². The van der Waals surface area contributed by atoms with E-state index in [9.17, 15) is 19.2 Å². The van der Waals surface area contributed by atoms with E-state index in [2.05, 4.69) is 0 Å². The Morgan fingerprint density at radius 3 is 2.16 bits per heavy atom. The van der Waals surface area contributed by atoms with Gasteiger partial charge in [-0.2, -0.15) is 0 Å². The first-order chi connectivity index (χ1) is 20.4. The third-order valence-electron chi connectivity index (χ3n) is 7.08. The molecule has 1 amide bonds. The standard InChI is InChI=1S/C33H34ClNO8/c1-33(2,3)19-42-32(39)43-30(37)24-18-26(31(38)41-5)35(28(24)23-11-6-8-12-25(23)34)29(36)21-16-14-20(15-17-21)22-10-7-9-13-27(22)40-4/h6-17,24,26,28H,18-19H2,1-5H3/t24-,26-,28-/m0/s1. The molecule has 0 bridgehead atoms. The summed E-state index contributed by atoms with van der Waals surface area (Å²) >= 11 is 6.56. The second kappa shape index (κ2) is 13.3. The molecule has 3 aromatic carbocycles. The van der Waals surface area contributed by atoms with Gasteiger partial charge in [0.15, 0.2) is 0 Å². The fourth-order valence-electron chi connectivity index (χ4n) is 5.08. The number of nitrogens with zero attached hydrogens (tertiary/aromatic N) is 1. The van der Waals surface area contributed by atoms with Crippen LogP contribution in [0.2, 0.25) is 5.02 Å². The molecule has 0 aliphatic carbocycles. The number of methoxy groups -OCH3 is 2. The minimum absolute atomic E-state index is 0.0258. The quantitative estimate of drug-likeness (QED) is 0.222. The van der Waals surface area contributed by atoms with Gasteiger partial charge in [-0.3, -0.25) is 9.59 Å².